The fourth-order valence-corrected chi connectivity index (χ4v) is 3.53. The second-order valence-electron chi connectivity index (χ2n) is 6.19. The van der Waals surface area contributed by atoms with Gasteiger partial charge in [0.2, 0.25) is 0 Å². The first-order chi connectivity index (χ1) is 10.9. The van der Waals surface area contributed by atoms with Crippen LogP contribution in [0.15, 0.2) is 48.5 Å². The van der Waals surface area contributed by atoms with Crippen molar-refractivity contribution in [3.05, 3.63) is 59.7 Å². The summed E-state index contributed by atoms with van der Waals surface area (Å²) in [5.74, 6) is 0. The van der Waals surface area contributed by atoms with Gasteiger partial charge >= 0.3 is 0 Å². The molecule has 0 spiro atoms. The van der Waals surface area contributed by atoms with E-state index < -0.39 is 0 Å². The number of benzene rings is 2. The molecule has 0 bridgehead atoms. The molecule has 2 aromatic rings. The van der Waals surface area contributed by atoms with Crippen LogP contribution in [-0.4, -0.2) is 32.7 Å². The Morgan fingerprint density at radius 2 is 1.45 bits per heavy atom. The lowest BCUT2D eigenvalue weighted by atomic mass is 10.00. The van der Waals surface area contributed by atoms with Crippen LogP contribution < -0.4 is 15.1 Å². The van der Waals surface area contributed by atoms with E-state index in [9.17, 15) is 0 Å². The van der Waals surface area contributed by atoms with Crippen molar-refractivity contribution in [2.24, 2.45) is 0 Å². The molecule has 1 saturated heterocycles. The molecule has 0 amide bonds. The molecule has 0 radical (unpaired) electrons. The topological polar surface area (TPSA) is 18.5 Å². The Bertz CT molecular complexity index is 630. The molecule has 1 fully saturated rings. The van der Waals surface area contributed by atoms with Crippen molar-refractivity contribution >= 4 is 11.4 Å². The Labute approximate surface area is 132 Å². The minimum Gasteiger partial charge on any atom is -0.368 e. The van der Waals surface area contributed by atoms with E-state index in [4.69, 9.17) is 0 Å². The fourth-order valence-electron chi connectivity index (χ4n) is 3.53. The van der Waals surface area contributed by atoms with Crippen LogP contribution in [0.25, 0.3) is 0 Å². The van der Waals surface area contributed by atoms with Crippen molar-refractivity contribution in [1.29, 1.82) is 0 Å². The van der Waals surface area contributed by atoms with Gasteiger partial charge in [-0.1, -0.05) is 24.3 Å². The number of para-hydroxylation sites is 1. The molecule has 2 aromatic carbocycles. The third-order valence-corrected chi connectivity index (χ3v) is 4.84. The Morgan fingerprint density at radius 3 is 2.23 bits per heavy atom. The van der Waals surface area contributed by atoms with E-state index in [0.29, 0.717) is 0 Å². The lowest BCUT2D eigenvalue weighted by Gasteiger charge is -2.37. The van der Waals surface area contributed by atoms with Gasteiger partial charge in [-0.3, -0.25) is 0 Å². The molecule has 0 unspecified atom stereocenters. The highest BCUT2D eigenvalue weighted by molar-refractivity contribution is 5.54. The Hall–Kier alpha value is -2.00. The molecule has 0 aliphatic carbocycles. The zero-order valence-electron chi connectivity index (χ0n) is 13.0. The molecule has 2 heterocycles. The van der Waals surface area contributed by atoms with Crippen molar-refractivity contribution in [2.45, 2.75) is 13.0 Å². The largest absolute Gasteiger partial charge is 0.368 e. The summed E-state index contributed by atoms with van der Waals surface area (Å²) < 4.78 is 0. The van der Waals surface area contributed by atoms with Crippen LogP contribution in [0.3, 0.4) is 0 Å². The number of nitrogens with one attached hydrogen (secondary N) is 1. The Balaban J connectivity index is 1.45. The summed E-state index contributed by atoms with van der Waals surface area (Å²) in [6.45, 7) is 6.52. The van der Waals surface area contributed by atoms with Crippen LogP contribution in [0, 0.1) is 0 Å². The van der Waals surface area contributed by atoms with Crippen molar-refractivity contribution in [3.8, 4) is 0 Å². The number of rotatable bonds is 2. The highest BCUT2D eigenvalue weighted by atomic mass is 15.3. The first kappa shape index (κ1) is 13.6. The maximum absolute atomic E-state index is 3.47. The molecule has 22 heavy (non-hydrogen) atoms. The molecule has 0 atom stereocenters. The van der Waals surface area contributed by atoms with Crippen LogP contribution in [-0.2, 0) is 13.0 Å². The first-order valence-corrected chi connectivity index (χ1v) is 8.28. The number of hydrogen-bond donors (Lipinski definition) is 1. The first-order valence-electron chi connectivity index (χ1n) is 8.28. The summed E-state index contributed by atoms with van der Waals surface area (Å²) >= 11 is 0. The summed E-state index contributed by atoms with van der Waals surface area (Å²) in [4.78, 5) is 5.00. The van der Waals surface area contributed by atoms with Gasteiger partial charge in [0.1, 0.15) is 0 Å². The molecular weight excluding hydrogens is 270 g/mol. The van der Waals surface area contributed by atoms with E-state index in [-0.39, 0.29) is 0 Å². The third-order valence-electron chi connectivity index (χ3n) is 4.84. The summed E-state index contributed by atoms with van der Waals surface area (Å²) in [6.07, 6.45) is 1.16. The predicted octanol–water partition coefficient (Wildman–Crippen LogP) is 2.66. The number of anilines is 2. The van der Waals surface area contributed by atoms with Crippen LogP contribution in [0.2, 0.25) is 0 Å². The quantitative estimate of drug-likeness (QED) is 0.918. The van der Waals surface area contributed by atoms with Crippen LogP contribution in [0.5, 0.6) is 0 Å². The van der Waals surface area contributed by atoms with Crippen molar-refractivity contribution in [1.82, 2.24) is 5.32 Å². The molecule has 3 heteroatoms. The molecule has 4 rings (SSSR count). The van der Waals surface area contributed by atoms with Gasteiger partial charge in [0.15, 0.2) is 0 Å². The van der Waals surface area contributed by atoms with Crippen LogP contribution in [0.1, 0.15) is 11.1 Å². The minimum atomic E-state index is 1.02. The van der Waals surface area contributed by atoms with Gasteiger partial charge in [-0.15, -0.1) is 0 Å². The maximum atomic E-state index is 3.47. The van der Waals surface area contributed by atoms with Crippen molar-refractivity contribution in [3.63, 3.8) is 0 Å². The second kappa shape index (κ2) is 6.01. The van der Waals surface area contributed by atoms with E-state index in [1.165, 1.54) is 22.5 Å². The molecular formula is C19H23N3. The van der Waals surface area contributed by atoms with Crippen molar-refractivity contribution < 1.29 is 0 Å². The standard InChI is InChI=1S/C19H23N3/c1-2-4-18(5-3-1)21-10-12-22(13-11-21)19-7-6-16-8-9-20-15-17(16)14-19/h1-7,14,20H,8-13,15H2. The molecule has 2 aliphatic heterocycles. The lowest BCUT2D eigenvalue weighted by Crippen LogP contribution is -2.46. The number of hydrogen-bond acceptors (Lipinski definition) is 3. The lowest BCUT2D eigenvalue weighted by molar-refractivity contribution is 0.637. The highest BCUT2D eigenvalue weighted by Gasteiger charge is 2.18. The molecule has 2 aliphatic rings. The highest BCUT2D eigenvalue weighted by Crippen LogP contribution is 2.24. The smallest absolute Gasteiger partial charge is 0.0370 e. The van der Waals surface area contributed by atoms with Gasteiger partial charge in [-0.25, -0.2) is 0 Å². The normalized spacial score (nSPS) is 18.2. The van der Waals surface area contributed by atoms with E-state index in [1.807, 2.05) is 0 Å². The van der Waals surface area contributed by atoms with E-state index in [1.54, 1.807) is 0 Å². The molecule has 0 aromatic heterocycles. The van der Waals surface area contributed by atoms with Gasteiger partial charge in [0.25, 0.3) is 0 Å². The number of nitrogens with zero attached hydrogens (tertiary/aromatic N) is 2. The summed E-state index contributed by atoms with van der Waals surface area (Å²) in [5.41, 5.74) is 5.73. The molecule has 1 N–H and O–H groups in total. The average Bonchev–Trinajstić information content (AvgIpc) is 2.62. The summed E-state index contributed by atoms with van der Waals surface area (Å²) in [6, 6.07) is 17.8. The zero-order chi connectivity index (χ0) is 14.8. The van der Waals surface area contributed by atoms with Crippen LogP contribution >= 0.6 is 0 Å². The summed E-state index contributed by atoms with van der Waals surface area (Å²) in [5, 5.41) is 3.47. The van der Waals surface area contributed by atoms with Gasteiger partial charge in [-0.2, -0.15) is 0 Å². The van der Waals surface area contributed by atoms with E-state index in [0.717, 1.165) is 45.7 Å². The minimum absolute atomic E-state index is 1.02. The van der Waals surface area contributed by atoms with Crippen LogP contribution in [0.4, 0.5) is 11.4 Å². The molecule has 0 saturated carbocycles. The van der Waals surface area contributed by atoms with E-state index >= 15 is 0 Å². The third kappa shape index (κ3) is 2.69. The number of fused-ring (bicyclic) bond motifs is 1. The maximum Gasteiger partial charge on any atom is 0.0370 e. The van der Waals surface area contributed by atoms with Gasteiger partial charge in [-0.05, 0) is 48.4 Å². The Kier molecular flexibility index (Phi) is 3.73. The van der Waals surface area contributed by atoms with E-state index in [2.05, 4.69) is 63.6 Å². The Morgan fingerprint density at radius 1 is 0.727 bits per heavy atom. The zero-order valence-corrected chi connectivity index (χ0v) is 13.0. The fraction of sp³-hybridized carbons (Fsp3) is 0.368. The number of piperazine rings is 1. The SMILES string of the molecule is c1ccc(N2CCN(c3ccc4c(c3)CNCC4)CC2)cc1. The van der Waals surface area contributed by atoms with Crippen molar-refractivity contribution in [2.75, 3.05) is 42.5 Å². The summed E-state index contributed by atoms with van der Waals surface area (Å²) in [7, 11) is 0. The second-order valence-corrected chi connectivity index (χ2v) is 6.19. The predicted molar refractivity (Wildman–Crippen MR) is 92.7 cm³/mol. The monoisotopic (exact) mass is 293 g/mol. The molecule has 114 valence electrons. The average molecular weight is 293 g/mol. The van der Waals surface area contributed by atoms with Gasteiger partial charge < -0.3 is 15.1 Å². The molecule has 3 nitrogen and oxygen atoms in total. The van der Waals surface area contributed by atoms with Gasteiger partial charge in [0, 0.05) is 44.1 Å². The van der Waals surface area contributed by atoms with Gasteiger partial charge in [0.05, 0.1) is 0 Å².